The highest BCUT2D eigenvalue weighted by Gasteiger charge is 2.42. The molecule has 1 aliphatic heterocycles. The predicted molar refractivity (Wildman–Crippen MR) is 90.6 cm³/mol. The zero-order valence-corrected chi connectivity index (χ0v) is 15.6. The Kier molecular flexibility index (Phi) is 6.67. The molecule has 24 heavy (non-hydrogen) atoms. The molecule has 1 aromatic carbocycles. The molecule has 2 unspecified atom stereocenters. The second kappa shape index (κ2) is 8.52. The predicted octanol–water partition coefficient (Wildman–Crippen LogP) is 2.52. The first-order chi connectivity index (χ1) is 11.5. The molecule has 2 rings (SSSR count). The third kappa shape index (κ3) is 3.75. The monoisotopic (exact) mass is 350 g/mol. The van der Waals surface area contributed by atoms with E-state index in [9.17, 15) is 9.59 Å². The summed E-state index contributed by atoms with van der Waals surface area (Å²) in [5.74, 6) is -0.529. The van der Waals surface area contributed by atoms with Crippen molar-refractivity contribution in [1.29, 1.82) is 0 Å². The Hall–Kier alpha value is -1.54. The quantitative estimate of drug-likeness (QED) is 0.506. The van der Waals surface area contributed by atoms with Crippen molar-refractivity contribution in [2.45, 2.75) is 46.3 Å². The number of fused-ring (bicyclic) bond motifs is 1. The van der Waals surface area contributed by atoms with Crippen molar-refractivity contribution in [2.75, 3.05) is 13.2 Å². The second-order valence-corrected chi connectivity index (χ2v) is 6.75. The molecule has 0 fully saturated rings. The summed E-state index contributed by atoms with van der Waals surface area (Å²) < 4.78 is 16.9. The Morgan fingerprint density at radius 2 is 1.50 bits per heavy atom. The molecular weight excluding hydrogens is 326 g/mol. The maximum Gasteiger partial charge on any atom is 0.578 e. The molecule has 0 aliphatic carbocycles. The van der Waals surface area contributed by atoms with E-state index in [-0.39, 0.29) is 24.0 Å². The molecule has 0 spiro atoms. The van der Waals surface area contributed by atoms with Gasteiger partial charge in [-0.3, -0.25) is 14.5 Å². The van der Waals surface area contributed by atoms with Crippen molar-refractivity contribution >= 4 is 21.3 Å². The first-order valence-corrected chi connectivity index (χ1v) is 9.53. The van der Waals surface area contributed by atoms with E-state index in [0.29, 0.717) is 30.8 Å². The number of hydrogen-bond donors (Lipinski definition) is 0. The fraction of sp³-hybridized carbons (Fsp3) is 0.529. The smallest absolute Gasteiger partial charge is 0.371 e. The van der Waals surface area contributed by atoms with Gasteiger partial charge in [0.15, 0.2) is 0 Å². The van der Waals surface area contributed by atoms with Crippen molar-refractivity contribution in [3.05, 3.63) is 35.4 Å². The molecule has 0 N–H and O–H groups in total. The maximum absolute atomic E-state index is 12.6. The van der Waals surface area contributed by atoms with Gasteiger partial charge in [0, 0.05) is 13.2 Å². The van der Waals surface area contributed by atoms with Gasteiger partial charge in [-0.1, -0.05) is 19.1 Å². The highest BCUT2D eigenvalue weighted by molar-refractivity contribution is 6.36. The van der Waals surface area contributed by atoms with Crippen LogP contribution in [0.15, 0.2) is 24.3 Å². The van der Waals surface area contributed by atoms with E-state index in [1.54, 1.807) is 24.3 Å². The van der Waals surface area contributed by atoms with Gasteiger partial charge in [0.1, 0.15) is 0 Å². The Balaban J connectivity index is 2.16. The van der Waals surface area contributed by atoms with E-state index in [2.05, 4.69) is 0 Å². The van der Waals surface area contributed by atoms with Crippen LogP contribution in [-0.4, -0.2) is 51.6 Å². The van der Waals surface area contributed by atoms with Gasteiger partial charge in [0.25, 0.3) is 11.8 Å². The lowest BCUT2D eigenvalue weighted by Gasteiger charge is -2.31. The minimum atomic E-state index is -1.88. The minimum Gasteiger partial charge on any atom is -0.371 e. The van der Waals surface area contributed by atoms with Crippen molar-refractivity contribution in [3.63, 3.8) is 0 Å². The zero-order chi connectivity index (χ0) is 17.7. The van der Waals surface area contributed by atoms with Crippen LogP contribution in [0.2, 0.25) is 0 Å². The van der Waals surface area contributed by atoms with E-state index in [1.807, 2.05) is 27.7 Å². The van der Waals surface area contributed by atoms with E-state index in [1.165, 1.54) is 4.90 Å². The number of amides is 2. The van der Waals surface area contributed by atoms with Crippen LogP contribution >= 0.6 is 0 Å². The summed E-state index contributed by atoms with van der Waals surface area (Å²) >= 11 is 0. The molecule has 131 valence electrons. The van der Waals surface area contributed by atoms with Crippen LogP contribution in [0.5, 0.6) is 0 Å². The lowest BCUT2D eigenvalue weighted by molar-refractivity contribution is 0.0182. The average Bonchev–Trinajstić information content (AvgIpc) is 2.82. The number of carbonyl (C=O) groups excluding carboxylic acids is 2. The van der Waals surface area contributed by atoms with Crippen molar-refractivity contribution in [1.82, 2.24) is 4.90 Å². The highest BCUT2D eigenvalue weighted by atomic mass is 28.3. The normalized spacial score (nSPS) is 16.6. The van der Waals surface area contributed by atoms with Gasteiger partial charge in [-0.15, -0.1) is 0 Å². The first kappa shape index (κ1) is 18.8. The molecule has 2 amide bonds. The van der Waals surface area contributed by atoms with Gasteiger partial charge in [0.05, 0.1) is 23.3 Å². The minimum absolute atomic E-state index is 0.264. The Morgan fingerprint density at radius 3 is 1.92 bits per heavy atom. The largest absolute Gasteiger partial charge is 0.578 e. The van der Waals surface area contributed by atoms with E-state index < -0.39 is 9.53 Å². The lowest BCUT2D eigenvalue weighted by Crippen LogP contribution is -2.48. The fourth-order valence-corrected chi connectivity index (χ4v) is 3.96. The number of rotatable bonds is 9. The second-order valence-electron chi connectivity index (χ2n) is 5.44. The summed E-state index contributed by atoms with van der Waals surface area (Å²) in [6, 6.07) is 6.53. The molecule has 1 aliphatic rings. The summed E-state index contributed by atoms with van der Waals surface area (Å²) in [7, 11) is -1.88. The molecule has 0 saturated carbocycles. The van der Waals surface area contributed by atoms with Crippen LogP contribution in [-0.2, 0) is 13.3 Å². The third-order valence-corrected chi connectivity index (χ3v) is 5.54. The molecule has 1 heterocycles. The van der Waals surface area contributed by atoms with Crippen LogP contribution in [0, 0.1) is 0 Å². The summed E-state index contributed by atoms with van der Waals surface area (Å²) in [4.78, 5) is 26.6. The third-order valence-electron chi connectivity index (χ3n) is 3.92. The standard InChI is InChI=1S/C17H24NO5Si/c1-5-15(12(4)23-24(21-6-2)22-7-3)18-16(19)13-10-8-9-11-14(13)17(18)20/h8-12,15H,5-7H2,1-4H3. The van der Waals surface area contributed by atoms with Gasteiger partial charge in [-0.2, -0.15) is 0 Å². The molecule has 1 radical (unpaired) electrons. The van der Waals surface area contributed by atoms with E-state index >= 15 is 0 Å². The van der Waals surface area contributed by atoms with Crippen molar-refractivity contribution in [2.24, 2.45) is 0 Å². The van der Waals surface area contributed by atoms with Crippen LogP contribution in [0.1, 0.15) is 54.8 Å². The van der Waals surface area contributed by atoms with Gasteiger partial charge >= 0.3 is 9.53 Å². The molecule has 1 aromatic rings. The van der Waals surface area contributed by atoms with Crippen LogP contribution in [0.4, 0.5) is 0 Å². The van der Waals surface area contributed by atoms with Gasteiger partial charge < -0.3 is 13.3 Å². The SMILES string of the molecule is CCO[Si](OCC)OC(C)C(CC)N1C(=O)c2ccccc2C1=O. The number of benzene rings is 1. The summed E-state index contributed by atoms with van der Waals surface area (Å²) in [5.41, 5.74) is 0.904. The van der Waals surface area contributed by atoms with E-state index in [0.717, 1.165) is 0 Å². The van der Waals surface area contributed by atoms with Crippen LogP contribution < -0.4 is 0 Å². The van der Waals surface area contributed by atoms with Gasteiger partial charge in [-0.05, 0) is 39.3 Å². The molecule has 0 saturated heterocycles. The summed E-state index contributed by atoms with van der Waals surface area (Å²) in [5, 5.41) is 0. The number of imide groups is 1. The van der Waals surface area contributed by atoms with Crippen molar-refractivity contribution in [3.8, 4) is 0 Å². The molecular formula is C17H24NO5Si. The maximum atomic E-state index is 12.6. The zero-order valence-electron chi connectivity index (χ0n) is 14.6. The van der Waals surface area contributed by atoms with E-state index in [4.69, 9.17) is 13.3 Å². The lowest BCUT2D eigenvalue weighted by atomic mass is 10.1. The molecule has 0 aromatic heterocycles. The molecule has 7 heteroatoms. The first-order valence-electron chi connectivity index (χ1n) is 8.31. The Morgan fingerprint density at radius 1 is 1.00 bits per heavy atom. The topological polar surface area (TPSA) is 65.1 Å². The number of nitrogens with zero attached hydrogens (tertiary/aromatic N) is 1. The Bertz CT molecular complexity index is 553. The number of hydrogen-bond acceptors (Lipinski definition) is 5. The number of carbonyl (C=O) groups is 2. The van der Waals surface area contributed by atoms with Crippen molar-refractivity contribution < 1.29 is 22.9 Å². The average molecular weight is 350 g/mol. The summed E-state index contributed by atoms with van der Waals surface area (Å²) in [6.07, 6.45) is 0.226. The fourth-order valence-electron chi connectivity index (χ4n) is 2.81. The van der Waals surface area contributed by atoms with Gasteiger partial charge in [-0.25, -0.2) is 0 Å². The van der Waals surface area contributed by atoms with Gasteiger partial charge in [0.2, 0.25) is 0 Å². The Labute approximate surface area is 144 Å². The molecule has 6 nitrogen and oxygen atoms in total. The molecule has 0 bridgehead atoms. The summed E-state index contributed by atoms with van der Waals surface area (Å²) in [6.45, 7) is 8.51. The molecule has 2 atom stereocenters. The highest BCUT2D eigenvalue weighted by Crippen LogP contribution is 2.27. The van der Waals surface area contributed by atoms with Crippen LogP contribution in [0.25, 0.3) is 0 Å². The van der Waals surface area contributed by atoms with Crippen LogP contribution in [0.3, 0.4) is 0 Å².